The van der Waals surface area contributed by atoms with Crippen molar-refractivity contribution in [2.45, 2.75) is 13.0 Å². The predicted molar refractivity (Wildman–Crippen MR) is 59.1 cm³/mol. The van der Waals surface area contributed by atoms with E-state index < -0.39 is 5.91 Å². The molecule has 0 aliphatic carbocycles. The summed E-state index contributed by atoms with van der Waals surface area (Å²) in [5, 5.41) is 0. The van der Waals surface area contributed by atoms with E-state index in [0.717, 1.165) is 11.3 Å². The number of methoxy groups -OCH3 is 1. The molecule has 1 aliphatic rings. The number of amides is 1. The van der Waals surface area contributed by atoms with Gasteiger partial charge in [-0.05, 0) is 6.07 Å². The molecule has 0 spiro atoms. The Balaban J connectivity index is 2.33. The minimum Gasteiger partial charge on any atom is -0.380 e. The van der Waals surface area contributed by atoms with E-state index in [9.17, 15) is 9.59 Å². The van der Waals surface area contributed by atoms with Crippen LogP contribution in [0.5, 0.6) is 0 Å². The number of Topliss-reactive ketones (excluding diaryl/α,β-unsaturated/α-hetero) is 1. The number of ketones is 1. The van der Waals surface area contributed by atoms with Crippen LogP contribution in [0.25, 0.3) is 0 Å². The number of para-hydroxylation sites is 1. The van der Waals surface area contributed by atoms with Crippen LogP contribution in [0.4, 0.5) is 5.69 Å². The minimum atomic E-state index is -0.413. The van der Waals surface area contributed by atoms with Crippen LogP contribution in [0, 0.1) is 0 Å². The second kappa shape index (κ2) is 4.45. The van der Waals surface area contributed by atoms with Crippen LogP contribution >= 0.6 is 0 Å². The van der Waals surface area contributed by atoms with Crippen LogP contribution in [0.15, 0.2) is 24.3 Å². The van der Waals surface area contributed by atoms with Gasteiger partial charge in [0.25, 0.3) is 5.91 Å². The molecule has 0 radical (unpaired) electrons. The van der Waals surface area contributed by atoms with Crippen molar-refractivity contribution in [3.63, 3.8) is 0 Å². The highest BCUT2D eigenvalue weighted by atomic mass is 16.5. The molecule has 1 aromatic rings. The van der Waals surface area contributed by atoms with E-state index in [4.69, 9.17) is 4.74 Å². The predicted octanol–water partition coefficient (Wildman–Crippen LogP) is 1.14. The molecule has 0 atom stereocenters. The van der Waals surface area contributed by atoms with Crippen molar-refractivity contribution in [1.29, 1.82) is 0 Å². The summed E-state index contributed by atoms with van der Waals surface area (Å²) in [4.78, 5) is 24.3. The van der Waals surface area contributed by atoms with Crippen LogP contribution in [0.3, 0.4) is 0 Å². The molecule has 1 heterocycles. The van der Waals surface area contributed by atoms with Gasteiger partial charge in [0.05, 0.1) is 6.61 Å². The second-order valence-electron chi connectivity index (χ2n) is 3.69. The first kappa shape index (κ1) is 10.8. The zero-order valence-corrected chi connectivity index (χ0v) is 9.10. The fourth-order valence-corrected chi connectivity index (χ4v) is 1.85. The van der Waals surface area contributed by atoms with Crippen molar-refractivity contribution in [2.24, 2.45) is 0 Å². The molecule has 4 nitrogen and oxygen atoms in total. The topological polar surface area (TPSA) is 46.6 Å². The summed E-state index contributed by atoms with van der Waals surface area (Å²) in [5.41, 5.74) is 1.70. The van der Waals surface area contributed by atoms with E-state index in [1.165, 1.54) is 4.90 Å². The lowest BCUT2D eigenvalue weighted by Gasteiger charge is -2.18. The number of carbonyl (C=O) groups excluding carboxylic acids is 2. The summed E-state index contributed by atoms with van der Waals surface area (Å²) in [6, 6.07) is 7.48. The lowest BCUT2D eigenvalue weighted by Crippen LogP contribution is -2.27. The molecule has 0 saturated carbocycles. The zero-order chi connectivity index (χ0) is 11.5. The molecule has 84 valence electrons. The molecule has 1 fully saturated rings. The Kier molecular flexibility index (Phi) is 3.01. The smallest absolute Gasteiger partial charge is 0.294 e. The first-order valence-corrected chi connectivity index (χ1v) is 5.15. The van der Waals surface area contributed by atoms with E-state index in [2.05, 4.69) is 0 Å². The molecule has 16 heavy (non-hydrogen) atoms. The van der Waals surface area contributed by atoms with Gasteiger partial charge in [-0.3, -0.25) is 9.59 Å². The molecular weight excluding hydrogens is 206 g/mol. The Labute approximate surface area is 93.8 Å². The third-order valence-corrected chi connectivity index (χ3v) is 2.63. The van der Waals surface area contributed by atoms with Crippen LogP contribution in [0.2, 0.25) is 0 Å². The molecule has 4 heteroatoms. The fraction of sp³-hybridized carbons (Fsp3) is 0.333. The lowest BCUT2D eigenvalue weighted by atomic mass is 10.1. The maximum Gasteiger partial charge on any atom is 0.294 e. The molecule has 1 saturated heterocycles. The van der Waals surface area contributed by atoms with Gasteiger partial charge in [-0.2, -0.15) is 0 Å². The van der Waals surface area contributed by atoms with Gasteiger partial charge in [0, 0.05) is 31.3 Å². The Morgan fingerprint density at radius 2 is 2.06 bits per heavy atom. The van der Waals surface area contributed by atoms with E-state index in [-0.39, 0.29) is 5.78 Å². The van der Waals surface area contributed by atoms with Crippen molar-refractivity contribution in [3.8, 4) is 0 Å². The Morgan fingerprint density at radius 3 is 2.69 bits per heavy atom. The number of anilines is 1. The van der Waals surface area contributed by atoms with Crippen LogP contribution in [0.1, 0.15) is 12.0 Å². The summed E-state index contributed by atoms with van der Waals surface area (Å²) in [7, 11) is 1.60. The molecule has 1 aliphatic heterocycles. The highest BCUT2D eigenvalue weighted by Gasteiger charge is 2.31. The van der Waals surface area contributed by atoms with Gasteiger partial charge in [0.1, 0.15) is 0 Å². The average Bonchev–Trinajstić information content (AvgIpc) is 2.61. The van der Waals surface area contributed by atoms with Gasteiger partial charge in [0.15, 0.2) is 0 Å². The highest BCUT2D eigenvalue weighted by Crippen LogP contribution is 2.24. The quantitative estimate of drug-likeness (QED) is 0.716. The maximum atomic E-state index is 11.6. The highest BCUT2D eigenvalue weighted by molar-refractivity contribution is 6.43. The fourth-order valence-electron chi connectivity index (χ4n) is 1.85. The SMILES string of the molecule is COCc1ccccc1N1CCC(=O)C1=O. The molecule has 0 bridgehead atoms. The summed E-state index contributed by atoms with van der Waals surface area (Å²) in [6.45, 7) is 0.909. The number of nitrogens with zero attached hydrogens (tertiary/aromatic N) is 1. The van der Waals surface area contributed by atoms with Crippen molar-refractivity contribution in [1.82, 2.24) is 0 Å². The molecule has 2 rings (SSSR count). The number of hydrogen-bond acceptors (Lipinski definition) is 3. The van der Waals surface area contributed by atoms with Crippen molar-refractivity contribution >= 4 is 17.4 Å². The molecule has 1 amide bonds. The first-order chi connectivity index (χ1) is 7.74. The molecule has 1 aromatic carbocycles. The maximum absolute atomic E-state index is 11.6. The average molecular weight is 219 g/mol. The van der Waals surface area contributed by atoms with Gasteiger partial charge < -0.3 is 9.64 Å². The number of hydrogen-bond donors (Lipinski definition) is 0. The molecule has 0 N–H and O–H groups in total. The minimum absolute atomic E-state index is 0.306. The normalized spacial score (nSPS) is 15.9. The number of benzene rings is 1. The third-order valence-electron chi connectivity index (χ3n) is 2.63. The summed E-state index contributed by atoms with van der Waals surface area (Å²) in [5.74, 6) is -0.726. The zero-order valence-electron chi connectivity index (χ0n) is 9.10. The van der Waals surface area contributed by atoms with Crippen LogP contribution in [-0.4, -0.2) is 25.3 Å². The number of carbonyl (C=O) groups is 2. The number of rotatable bonds is 3. The Bertz CT molecular complexity index is 428. The molecular formula is C12H13NO3. The van der Waals surface area contributed by atoms with Gasteiger partial charge >= 0.3 is 0 Å². The van der Waals surface area contributed by atoms with Crippen molar-refractivity contribution in [3.05, 3.63) is 29.8 Å². The van der Waals surface area contributed by atoms with Gasteiger partial charge in [0.2, 0.25) is 5.78 Å². The standard InChI is InChI=1S/C12H13NO3/c1-16-8-9-4-2-3-5-10(9)13-7-6-11(14)12(13)15/h2-5H,6-8H2,1H3. The summed E-state index contributed by atoms with van der Waals surface area (Å²) in [6.07, 6.45) is 0.306. The van der Waals surface area contributed by atoms with Crippen LogP contribution < -0.4 is 4.90 Å². The van der Waals surface area contributed by atoms with Crippen LogP contribution in [-0.2, 0) is 20.9 Å². The monoisotopic (exact) mass is 219 g/mol. The first-order valence-electron chi connectivity index (χ1n) is 5.15. The van der Waals surface area contributed by atoms with Gasteiger partial charge in [-0.1, -0.05) is 18.2 Å². The van der Waals surface area contributed by atoms with E-state index in [1.807, 2.05) is 24.3 Å². The summed E-state index contributed by atoms with van der Waals surface area (Å²) < 4.78 is 5.07. The summed E-state index contributed by atoms with van der Waals surface area (Å²) >= 11 is 0. The van der Waals surface area contributed by atoms with E-state index >= 15 is 0 Å². The third kappa shape index (κ3) is 1.84. The van der Waals surface area contributed by atoms with Crippen molar-refractivity contribution in [2.75, 3.05) is 18.6 Å². The van der Waals surface area contributed by atoms with E-state index in [0.29, 0.717) is 19.6 Å². The Hall–Kier alpha value is -1.68. The van der Waals surface area contributed by atoms with Crippen molar-refractivity contribution < 1.29 is 14.3 Å². The van der Waals surface area contributed by atoms with Gasteiger partial charge in [-0.15, -0.1) is 0 Å². The van der Waals surface area contributed by atoms with Gasteiger partial charge in [-0.25, -0.2) is 0 Å². The largest absolute Gasteiger partial charge is 0.380 e. The number of ether oxygens (including phenoxy) is 1. The molecule has 0 unspecified atom stereocenters. The second-order valence-corrected chi connectivity index (χ2v) is 3.69. The Morgan fingerprint density at radius 1 is 1.31 bits per heavy atom. The molecule has 0 aromatic heterocycles. The lowest BCUT2D eigenvalue weighted by molar-refractivity contribution is -0.133. The van der Waals surface area contributed by atoms with E-state index in [1.54, 1.807) is 7.11 Å².